The van der Waals surface area contributed by atoms with Crippen LogP contribution in [0.25, 0.3) is 16.3 Å². The summed E-state index contributed by atoms with van der Waals surface area (Å²) in [5.41, 5.74) is 0.763. The number of anilines is 1. The zero-order chi connectivity index (χ0) is 25.7. The molecule has 0 bridgehead atoms. The van der Waals surface area contributed by atoms with Gasteiger partial charge in [-0.25, -0.2) is 4.39 Å². The van der Waals surface area contributed by atoms with Crippen LogP contribution >= 0.6 is 12.4 Å². The zero-order valence-electron chi connectivity index (χ0n) is 19.0. The highest BCUT2D eigenvalue weighted by Gasteiger charge is 2.30. The summed E-state index contributed by atoms with van der Waals surface area (Å²) >= 11 is 0. The maximum Gasteiger partial charge on any atom is 0.416 e. The summed E-state index contributed by atoms with van der Waals surface area (Å²) in [4.78, 5) is 16.6. The Kier molecular flexibility index (Phi) is 8.43. The lowest BCUT2D eigenvalue weighted by Gasteiger charge is -2.11. The van der Waals surface area contributed by atoms with Crippen molar-refractivity contribution in [3.63, 3.8) is 0 Å². The van der Waals surface area contributed by atoms with Crippen molar-refractivity contribution in [3.8, 4) is 6.07 Å². The van der Waals surface area contributed by atoms with Crippen LogP contribution in [-0.4, -0.2) is 10.9 Å². The summed E-state index contributed by atoms with van der Waals surface area (Å²) in [6.07, 6.45) is 3.01. The van der Waals surface area contributed by atoms with Gasteiger partial charge >= 0.3 is 6.18 Å². The van der Waals surface area contributed by atoms with E-state index in [0.717, 1.165) is 29.0 Å². The summed E-state index contributed by atoms with van der Waals surface area (Å²) in [6.45, 7) is 0. The Labute approximate surface area is 216 Å². The first kappa shape index (κ1) is 27.1. The second-order valence-electron chi connectivity index (χ2n) is 7.71. The van der Waals surface area contributed by atoms with Crippen LogP contribution < -0.4 is 5.32 Å². The monoisotopic (exact) mass is 523 g/mol. The molecule has 0 fully saturated rings. The number of nitrogens with zero attached hydrogens (tertiary/aromatic N) is 2. The normalized spacial score (nSPS) is 11.7. The lowest BCUT2D eigenvalue weighted by Crippen LogP contribution is -2.08. The quantitative estimate of drug-likeness (QED) is 0.169. The van der Waals surface area contributed by atoms with Crippen LogP contribution in [-0.2, 0) is 11.0 Å². The number of hydrogen-bond donors (Lipinski definition) is 1. The van der Waals surface area contributed by atoms with Gasteiger partial charge in [-0.15, -0.1) is 12.4 Å². The highest BCUT2D eigenvalue weighted by atomic mass is 35.5. The molecule has 37 heavy (non-hydrogen) atoms. The molecule has 0 radical (unpaired) electrons. The van der Waals surface area contributed by atoms with E-state index in [1.54, 1.807) is 36.7 Å². The van der Waals surface area contributed by atoms with Crippen molar-refractivity contribution >= 4 is 40.3 Å². The van der Waals surface area contributed by atoms with E-state index in [9.17, 15) is 27.6 Å². The first-order chi connectivity index (χ1) is 17.3. The van der Waals surface area contributed by atoms with Crippen LogP contribution in [0, 0.1) is 17.1 Å². The van der Waals surface area contributed by atoms with Gasteiger partial charge in [0.2, 0.25) is 5.91 Å². The van der Waals surface area contributed by atoms with Gasteiger partial charge in [0.05, 0.1) is 11.1 Å². The van der Waals surface area contributed by atoms with Crippen molar-refractivity contribution in [2.24, 2.45) is 0 Å². The Morgan fingerprint density at radius 1 is 1.00 bits per heavy atom. The number of fused-ring (bicyclic) bond motifs is 1. The Morgan fingerprint density at radius 2 is 1.73 bits per heavy atom. The van der Waals surface area contributed by atoms with Gasteiger partial charge in [-0.3, -0.25) is 9.78 Å². The number of halogens is 5. The minimum Gasteiger partial charge on any atom is -0.322 e. The number of nitrogens with one attached hydrogen (secondary N) is 1. The molecule has 0 atom stereocenters. The van der Waals surface area contributed by atoms with E-state index in [-0.39, 0.29) is 18.0 Å². The number of hydrogen-bond acceptors (Lipinski definition) is 3. The third-order valence-electron chi connectivity index (χ3n) is 5.37. The topological polar surface area (TPSA) is 65.8 Å². The SMILES string of the molecule is Cl.N#Cc1cc(/C(=C/C=C/C(=O)Nc2cccc3cnccc23)c2ccc(C(F)(F)F)cc2)ccc1F. The second kappa shape index (κ2) is 11.5. The molecule has 0 saturated heterocycles. The average molecular weight is 524 g/mol. The van der Waals surface area contributed by atoms with Gasteiger partial charge in [0, 0.05) is 34.9 Å². The standard InChI is InChI=1S/C28H17F4N3O.ClH/c29-25-12-9-19(15-21(25)16-33)23(18-7-10-22(11-8-18)28(30,31)32)4-2-6-27(36)35-26-5-1-3-20-17-34-14-13-24(20)26;/h1-15,17H,(H,35,36);1H/b6-2+,23-4+;. The first-order valence-electron chi connectivity index (χ1n) is 10.7. The molecule has 1 amide bonds. The number of rotatable bonds is 5. The Balaban J connectivity index is 0.00000380. The highest BCUT2D eigenvalue weighted by molar-refractivity contribution is 6.06. The number of benzene rings is 3. The van der Waals surface area contributed by atoms with E-state index in [1.165, 1.54) is 42.5 Å². The molecule has 9 heteroatoms. The predicted molar refractivity (Wildman–Crippen MR) is 136 cm³/mol. The van der Waals surface area contributed by atoms with E-state index < -0.39 is 23.5 Å². The van der Waals surface area contributed by atoms with Crippen LogP contribution in [0.2, 0.25) is 0 Å². The molecule has 4 aromatic rings. The number of amides is 1. The minimum absolute atomic E-state index is 0. The predicted octanol–water partition coefficient (Wildman–Crippen LogP) is 7.31. The maximum absolute atomic E-state index is 13.9. The van der Waals surface area contributed by atoms with E-state index in [4.69, 9.17) is 0 Å². The Hall–Kier alpha value is -4.48. The van der Waals surface area contributed by atoms with Gasteiger partial charge in [-0.2, -0.15) is 18.4 Å². The molecule has 4 nitrogen and oxygen atoms in total. The summed E-state index contributed by atoms with van der Waals surface area (Å²) in [5.74, 6) is -1.15. The molecule has 0 unspecified atom stereocenters. The number of aromatic nitrogens is 1. The molecule has 0 saturated carbocycles. The third kappa shape index (κ3) is 6.40. The van der Waals surface area contributed by atoms with E-state index in [2.05, 4.69) is 10.3 Å². The van der Waals surface area contributed by atoms with E-state index in [0.29, 0.717) is 22.4 Å². The molecule has 186 valence electrons. The fourth-order valence-corrected chi connectivity index (χ4v) is 3.61. The van der Waals surface area contributed by atoms with Crippen molar-refractivity contribution in [3.05, 3.63) is 125 Å². The molecule has 4 rings (SSSR count). The van der Waals surface area contributed by atoms with E-state index in [1.807, 2.05) is 6.07 Å². The fourth-order valence-electron chi connectivity index (χ4n) is 3.61. The first-order valence-corrected chi connectivity index (χ1v) is 10.7. The van der Waals surface area contributed by atoms with Crippen molar-refractivity contribution in [2.45, 2.75) is 6.18 Å². The molecular weight excluding hydrogens is 506 g/mol. The van der Waals surface area contributed by atoms with Crippen LogP contribution in [0.4, 0.5) is 23.2 Å². The summed E-state index contributed by atoms with van der Waals surface area (Å²) in [5, 5.41) is 13.6. The Morgan fingerprint density at radius 3 is 2.43 bits per heavy atom. The van der Waals surface area contributed by atoms with Crippen LogP contribution in [0.5, 0.6) is 0 Å². The molecule has 1 N–H and O–H groups in total. The van der Waals surface area contributed by atoms with Crippen LogP contribution in [0.15, 0.2) is 97.4 Å². The number of carbonyl (C=O) groups excluding carboxylic acids is 1. The number of carbonyl (C=O) groups is 1. The molecular formula is C28H18ClF4N3O. The van der Waals surface area contributed by atoms with Gasteiger partial charge in [-0.1, -0.05) is 42.5 Å². The van der Waals surface area contributed by atoms with Crippen molar-refractivity contribution in [2.75, 3.05) is 5.32 Å². The second-order valence-corrected chi connectivity index (χ2v) is 7.71. The molecule has 0 aliphatic carbocycles. The molecule has 0 aliphatic heterocycles. The smallest absolute Gasteiger partial charge is 0.322 e. The summed E-state index contributed by atoms with van der Waals surface area (Å²) in [7, 11) is 0. The number of nitriles is 1. The number of pyridine rings is 1. The van der Waals surface area contributed by atoms with Crippen molar-refractivity contribution in [1.82, 2.24) is 4.98 Å². The average Bonchev–Trinajstić information content (AvgIpc) is 2.87. The summed E-state index contributed by atoms with van der Waals surface area (Å²) in [6, 6.07) is 17.2. The fraction of sp³-hybridized carbons (Fsp3) is 0.0357. The van der Waals surface area contributed by atoms with Gasteiger partial charge in [-0.05, 0) is 53.1 Å². The summed E-state index contributed by atoms with van der Waals surface area (Å²) < 4.78 is 52.9. The Bertz CT molecular complexity index is 1530. The molecule has 0 aliphatic rings. The number of allylic oxidation sites excluding steroid dienone is 2. The zero-order valence-corrected chi connectivity index (χ0v) is 19.8. The maximum atomic E-state index is 13.9. The highest BCUT2D eigenvalue weighted by Crippen LogP contribution is 2.32. The lowest BCUT2D eigenvalue weighted by atomic mass is 9.95. The molecule has 1 heterocycles. The van der Waals surface area contributed by atoms with E-state index >= 15 is 0 Å². The number of alkyl halides is 3. The van der Waals surface area contributed by atoms with Crippen LogP contribution in [0.3, 0.4) is 0 Å². The minimum atomic E-state index is -4.50. The van der Waals surface area contributed by atoms with Gasteiger partial charge in [0.25, 0.3) is 0 Å². The van der Waals surface area contributed by atoms with Crippen molar-refractivity contribution in [1.29, 1.82) is 5.26 Å². The van der Waals surface area contributed by atoms with Gasteiger partial charge in [0.15, 0.2) is 0 Å². The van der Waals surface area contributed by atoms with Crippen LogP contribution in [0.1, 0.15) is 22.3 Å². The van der Waals surface area contributed by atoms with Gasteiger partial charge in [0.1, 0.15) is 11.9 Å². The molecule has 3 aromatic carbocycles. The molecule has 1 aromatic heterocycles. The largest absolute Gasteiger partial charge is 0.416 e. The van der Waals surface area contributed by atoms with Gasteiger partial charge < -0.3 is 5.32 Å². The van der Waals surface area contributed by atoms with Crippen molar-refractivity contribution < 1.29 is 22.4 Å². The third-order valence-corrected chi connectivity index (χ3v) is 5.37. The molecule has 0 spiro atoms. The lowest BCUT2D eigenvalue weighted by molar-refractivity contribution is -0.137.